The minimum absolute atomic E-state index is 0.00757. The maximum absolute atomic E-state index is 5.25. The predicted molar refractivity (Wildman–Crippen MR) is 219 cm³/mol. The predicted octanol–water partition coefficient (Wildman–Crippen LogP) is 11.5. The average Bonchev–Trinajstić information content (AvgIpc) is 3.09. The van der Waals surface area contributed by atoms with E-state index in [9.17, 15) is 0 Å². The van der Waals surface area contributed by atoms with Crippen LogP contribution in [0.4, 0.5) is 0 Å². The van der Waals surface area contributed by atoms with E-state index in [1.807, 2.05) is 47.8 Å². The molecule has 2 atom stereocenters. The zero-order valence-electron chi connectivity index (χ0n) is 25.7. The second-order valence-corrected chi connectivity index (χ2v) is 19.7. The fourth-order valence-corrected chi connectivity index (χ4v) is 10.8. The molecule has 0 nitrogen and oxygen atoms in total. The summed E-state index contributed by atoms with van der Waals surface area (Å²) in [6.45, 7) is 0. The van der Waals surface area contributed by atoms with Gasteiger partial charge in [0.2, 0.25) is 0 Å². The highest BCUT2D eigenvalue weighted by molar-refractivity contribution is 8.16. The van der Waals surface area contributed by atoms with Gasteiger partial charge in [0.15, 0.2) is 9.79 Å². The molecule has 0 saturated carbocycles. The molecule has 0 N–H and O–H groups in total. The van der Waals surface area contributed by atoms with Crippen molar-refractivity contribution in [2.24, 2.45) is 0 Å². The van der Waals surface area contributed by atoms with Gasteiger partial charge in [-0.05, 0) is 158 Å². The van der Waals surface area contributed by atoms with Gasteiger partial charge in [0.25, 0.3) is 0 Å². The highest BCUT2D eigenvalue weighted by Gasteiger charge is 2.19. The van der Waals surface area contributed by atoms with Gasteiger partial charge in [0, 0.05) is 48.8 Å². The summed E-state index contributed by atoms with van der Waals surface area (Å²) in [5.74, 6) is 0. The second-order valence-electron chi connectivity index (χ2n) is 10.6. The lowest BCUT2D eigenvalue weighted by molar-refractivity contribution is 1.29. The largest absolute Gasteiger partial charge is 0.160 e. The summed E-state index contributed by atoms with van der Waals surface area (Å²) in [6.07, 6.45) is 23.5. The van der Waals surface area contributed by atoms with Crippen molar-refractivity contribution in [3.05, 3.63) is 146 Å². The van der Waals surface area contributed by atoms with Crippen LogP contribution in [-0.2, 0) is 10.9 Å². The SMILES string of the molecule is CS(=C1C=CC(=S)C=C1)c1ccc(Sc2ccc([S+](C)c3ccc(Sc4ccc(S(C)=C5C=CC(=S)C=C5)cc4)cc3)cc2)cc1. The van der Waals surface area contributed by atoms with Crippen molar-refractivity contribution in [1.29, 1.82) is 0 Å². The van der Waals surface area contributed by atoms with Gasteiger partial charge in [-0.2, -0.15) is 21.0 Å². The molecule has 7 heteroatoms. The molecule has 2 aliphatic carbocycles. The first-order valence-electron chi connectivity index (χ1n) is 14.6. The number of thiocarbonyl (C=S) groups is 2. The van der Waals surface area contributed by atoms with Crippen LogP contribution in [-0.4, -0.2) is 38.2 Å². The molecule has 230 valence electrons. The summed E-state index contributed by atoms with van der Waals surface area (Å²) in [5, 5.41) is 0. The fourth-order valence-electron chi connectivity index (χ4n) is 4.82. The van der Waals surface area contributed by atoms with Crippen LogP contribution >= 0.6 is 68.9 Å². The molecule has 0 spiro atoms. The summed E-state index contributed by atoms with van der Waals surface area (Å²) < 4.78 is 0. The van der Waals surface area contributed by atoms with Gasteiger partial charge < -0.3 is 0 Å². The van der Waals surface area contributed by atoms with Gasteiger partial charge in [-0.15, -0.1) is 0 Å². The van der Waals surface area contributed by atoms with Crippen molar-refractivity contribution in [2.45, 2.75) is 39.2 Å². The van der Waals surface area contributed by atoms with Crippen LogP contribution in [0.15, 0.2) is 185 Å². The van der Waals surface area contributed by atoms with E-state index in [1.165, 1.54) is 48.9 Å². The monoisotopic (exact) mass is 725 g/mol. The van der Waals surface area contributed by atoms with Crippen LogP contribution in [0.25, 0.3) is 0 Å². The molecule has 0 amide bonds. The first-order valence-corrected chi connectivity index (χ1v) is 22.0. The number of allylic oxidation sites excluding steroid dienone is 8. The Kier molecular flexibility index (Phi) is 11.3. The molecule has 4 aromatic carbocycles. The standard InChI is InChI=1S/C39H33S7/c1-44(34-16-4-28(40)5-17-34)36-20-8-30(9-21-36)42-32-12-24-38(25-13-32)46(3)39-26-14-33(15-27-39)43-31-10-22-37(23-11-31)45(2)35-18-6-29(41)7-19-35/h4-27H,1-3H3/q+1. The molecule has 4 aromatic rings. The second kappa shape index (κ2) is 15.6. The van der Waals surface area contributed by atoms with Crippen LogP contribution in [0.3, 0.4) is 0 Å². The fraction of sp³-hybridized carbons (Fsp3) is 0.0769. The van der Waals surface area contributed by atoms with E-state index in [4.69, 9.17) is 24.4 Å². The van der Waals surface area contributed by atoms with E-state index in [2.05, 4.69) is 140 Å². The highest BCUT2D eigenvalue weighted by Crippen LogP contribution is 2.35. The van der Waals surface area contributed by atoms with E-state index >= 15 is 0 Å². The Bertz CT molecular complexity index is 1770. The van der Waals surface area contributed by atoms with Crippen LogP contribution in [0, 0.1) is 0 Å². The van der Waals surface area contributed by atoms with E-state index in [1.54, 1.807) is 0 Å². The molecule has 0 aliphatic heterocycles. The summed E-state index contributed by atoms with van der Waals surface area (Å²) in [4.78, 5) is 14.8. The molecule has 0 bridgehead atoms. The Balaban J connectivity index is 1.05. The van der Waals surface area contributed by atoms with E-state index < -0.39 is 0 Å². The summed E-state index contributed by atoms with van der Waals surface area (Å²) in [5.41, 5.74) is 0. The maximum atomic E-state index is 5.25. The van der Waals surface area contributed by atoms with Crippen molar-refractivity contribution in [2.75, 3.05) is 18.8 Å². The molecule has 0 heterocycles. The van der Waals surface area contributed by atoms with Crippen molar-refractivity contribution in [3.63, 3.8) is 0 Å². The lowest BCUT2D eigenvalue weighted by Crippen LogP contribution is -2.00. The maximum Gasteiger partial charge on any atom is 0.160 e. The molecule has 0 radical (unpaired) electrons. The molecule has 0 aromatic heterocycles. The lowest BCUT2D eigenvalue weighted by atomic mass is 10.2. The highest BCUT2D eigenvalue weighted by atomic mass is 32.2. The van der Waals surface area contributed by atoms with Crippen molar-refractivity contribution < 1.29 is 0 Å². The Hall–Kier alpha value is -2.49. The lowest BCUT2D eigenvalue weighted by Gasteiger charge is -2.11. The van der Waals surface area contributed by atoms with E-state index in [-0.39, 0.29) is 31.9 Å². The van der Waals surface area contributed by atoms with Gasteiger partial charge in [-0.3, -0.25) is 0 Å². The van der Waals surface area contributed by atoms with Gasteiger partial charge in [0.1, 0.15) is 6.26 Å². The molecular formula is C39H33S7+. The van der Waals surface area contributed by atoms with Crippen LogP contribution < -0.4 is 0 Å². The third-order valence-corrected chi connectivity index (χ3v) is 16.0. The minimum Gasteiger partial charge on any atom is -0.150 e. The van der Waals surface area contributed by atoms with E-state index in [0.717, 1.165) is 9.73 Å². The van der Waals surface area contributed by atoms with Crippen molar-refractivity contribution in [1.82, 2.24) is 0 Å². The first kappa shape index (κ1) is 33.4. The summed E-state index contributed by atoms with van der Waals surface area (Å²) >= 11 is 14.1. The van der Waals surface area contributed by atoms with Gasteiger partial charge in [0.05, 0.1) is 10.9 Å². The van der Waals surface area contributed by atoms with Crippen molar-refractivity contribution >= 4 is 99.3 Å². The molecule has 0 saturated heterocycles. The minimum atomic E-state index is 0.00757. The topological polar surface area (TPSA) is 0 Å². The van der Waals surface area contributed by atoms with Crippen LogP contribution in [0.2, 0.25) is 0 Å². The van der Waals surface area contributed by atoms with Crippen LogP contribution in [0.1, 0.15) is 0 Å². The van der Waals surface area contributed by atoms with Gasteiger partial charge in [-0.25, -0.2) is 0 Å². The van der Waals surface area contributed by atoms with Gasteiger partial charge >= 0.3 is 0 Å². The Morgan fingerprint density at radius 2 is 0.717 bits per heavy atom. The molecule has 2 unspecified atom stereocenters. The molecule has 6 rings (SSSR count). The molecule has 2 aliphatic rings. The number of rotatable bonds is 8. The first-order chi connectivity index (χ1) is 22.3. The smallest absolute Gasteiger partial charge is 0.150 e. The van der Waals surface area contributed by atoms with E-state index in [0.29, 0.717) is 0 Å². The molecule has 0 fully saturated rings. The Morgan fingerprint density at radius 3 is 1.02 bits per heavy atom. The Labute approximate surface area is 300 Å². The normalized spacial score (nSPS) is 16.2. The third-order valence-electron chi connectivity index (χ3n) is 7.54. The van der Waals surface area contributed by atoms with Crippen molar-refractivity contribution in [3.8, 4) is 0 Å². The quantitative estimate of drug-likeness (QED) is 0.131. The molecule has 46 heavy (non-hydrogen) atoms. The number of hydrogen-bond donors (Lipinski definition) is 0. The number of benzene rings is 4. The zero-order chi connectivity index (χ0) is 32.0. The molecular weight excluding hydrogens is 693 g/mol. The number of hydrogen-bond acceptors (Lipinski definition) is 4. The summed E-state index contributed by atoms with van der Waals surface area (Å²) in [6, 6.07) is 36.1. The zero-order valence-corrected chi connectivity index (χ0v) is 31.4. The average molecular weight is 726 g/mol. The summed E-state index contributed by atoms with van der Waals surface area (Å²) in [7, 11) is 0.0750. The van der Waals surface area contributed by atoms with Crippen LogP contribution in [0.5, 0.6) is 0 Å². The third kappa shape index (κ3) is 8.50. The Morgan fingerprint density at radius 1 is 0.435 bits per heavy atom. The van der Waals surface area contributed by atoms with Gasteiger partial charge in [-0.1, -0.05) is 48.0 Å².